The van der Waals surface area contributed by atoms with Crippen LogP contribution in [-0.4, -0.2) is 26.6 Å². The fourth-order valence-corrected chi connectivity index (χ4v) is 5.56. The number of nitrogens with zero attached hydrogens (tertiary/aromatic N) is 1. The van der Waals surface area contributed by atoms with Gasteiger partial charge in [0.2, 0.25) is 15.9 Å². The number of carbonyl (C=O) groups is 1. The van der Waals surface area contributed by atoms with Crippen LogP contribution in [0.2, 0.25) is 5.02 Å². The van der Waals surface area contributed by atoms with Crippen molar-refractivity contribution < 1.29 is 13.2 Å². The van der Waals surface area contributed by atoms with Gasteiger partial charge in [0.15, 0.2) is 0 Å². The zero-order valence-electron chi connectivity index (χ0n) is 16.9. The van der Waals surface area contributed by atoms with E-state index in [0.29, 0.717) is 22.8 Å². The van der Waals surface area contributed by atoms with E-state index in [1.807, 2.05) is 24.3 Å². The van der Waals surface area contributed by atoms with Crippen LogP contribution in [0.3, 0.4) is 0 Å². The third-order valence-corrected chi connectivity index (χ3v) is 6.98. The number of carbonyl (C=O) groups excluding carboxylic acids is 1. The van der Waals surface area contributed by atoms with Crippen molar-refractivity contribution in [2.24, 2.45) is 0 Å². The Kier molecular flexibility index (Phi) is 5.47. The summed E-state index contributed by atoms with van der Waals surface area (Å²) in [5.74, 6) is -0.364. The average Bonchev–Trinajstić information content (AvgIpc) is 3.13. The molecule has 1 atom stereocenters. The van der Waals surface area contributed by atoms with Crippen molar-refractivity contribution in [3.05, 3.63) is 70.7 Å². The van der Waals surface area contributed by atoms with E-state index in [2.05, 4.69) is 11.4 Å². The molecule has 1 amide bonds. The zero-order chi connectivity index (χ0) is 21.5. The fourth-order valence-electron chi connectivity index (χ4n) is 4.22. The van der Waals surface area contributed by atoms with Gasteiger partial charge in [0, 0.05) is 16.1 Å². The lowest BCUT2D eigenvalue weighted by molar-refractivity contribution is -0.117. The van der Waals surface area contributed by atoms with Crippen LogP contribution in [-0.2, 0) is 27.7 Å². The van der Waals surface area contributed by atoms with Crippen molar-refractivity contribution in [2.75, 3.05) is 15.9 Å². The van der Waals surface area contributed by atoms with Crippen molar-refractivity contribution in [3.8, 4) is 0 Å². The molecular formula is C23H23ClN2O3S. The summed E-state index contributed by atoms with van der Waals surface area (Å²) >= 11 is 5.95. The van der Waals surface area contributed by atoms with Gasteiger partial charge >= 0.3 is 0 Å². The molecule has 3 aromatic carbocycles. The Morgan fingerprint density at radius 1 is 1.07 bits per heavy atom. The molecule has 1 aliphatic rings. The van der Waals surface area contributed by atoms with Gasteiger partial charge in [-0.3, -0.25) is 9.10 Å². The molecule has 0 unspecified atom stereocenters. The van der Waals surface area contributed by atoms with E-state index in [9.17, 15) is 13.2 Å². The molecule has 5 nitrogen and oxygen atoms in total. The lowest BCUT2D eigenvalue weighted by Crippen LogP contribution is -2.47. The van der Waals surface area contributed by atoms with Gasteiger partial charge in [-0.05, 0) is 66.1 Å². The Morgan fingerprint density at radius 2 is 1.73 bits per heavy atom. The Bertz CT molecular complexity index is 1210. The van der Waals surface area contributed by atoms with Crippen LogP contribution >= 0.6 is 11.6 Å². The molecule has 1 aliphatic carbocycles. The number of hydrogen-bond donors (Lipinski definition) is 1. The molecule has 0 saturated carbocycles. The van der Waals surface area contributed by atoms with Gasteiger partial charge in [0.1, 0.15) is 6.04 Å². The van der Waals surface area contributed by atoms with E-state index < -0.39 is 16.1 Å². The Balaban J connectivity index is 1.71. The van der Waals surface area contributed by atoms with E-state index in [-0.39, 0.29) is 5.91 Å². The van der Waals surface area contributed by atoms with Gasteiger partial charge in [-0.1, -0.05) is 42.8 Å². The van der Waals surface area contributed by atoms with Gasteiger partial charge in [0.05, 0.1) is 11.9 Å². The summed E-state index contributed by atoms with van der Waals surface area (Å²) in [6.07, 6.45) is 3.43. The number of aryl methyl sites for hydroxylation is 2. The number of nitrogens with one attached hydrogen (secondary N) is 1. The van der Waals surface area contributed by atoms with Gasteiger partial charge < -0.3 is 5.32 Å². The highest BCUT2D eigenvalue weighted by atomic mass is 35.5. The lowest BCUT2D eigenvalue weighted by Gasteiger charge is -2.30. The molecule has 0 fully saturated rings. The van der Waals surface area contributed by atoms with Crippen molar-refractivity contribution in [3.63, 3.8) is 0 Å². The van der Waals surface area contributed by atoms with Crippen LogP contribution in [0.4, 0.5) is 11.4 Å². The van der Waals surface area contributed by atoms with E-state index in [0.717, 1.165) is 24.5 Å². The standard InChI is InChI=1S/C23H23ClN2O3S/c1-3-21(26(30(2,28)29)18-12-10-17(24)11-13-18)23(27)25-20-14-9-16-8-7-15-5-4-6-19(20)22(15)16/h4-6,9-14,21H,3,7-8H2,1-2H3,(H,25,27)/t21-/m0/s1. The molecule has 156 valence electrons. The van der Waals surface area contributed by atoms with Crippen LogP contribution in [0.15, 0.2) is 54.6 Å². The maximum Gasteiger partial charge on any atom is 0.248 e. The normalized spacial score (nSPS) is 14.0. The third kappa shape index (κ3) is 3.77. The van der Waals surface area contributed by atoms with Crippen LogP contribution < -0.4 is 9.62 Å². The molecule has 0 heterocycles. The van der Waals surface area contributed by atoms with Crippen molar-refractivity contribution in [1.82, 2.24) is 0 Å². The molecule has 30 heavy (non-hydrogen) atoms. The molecule has 0 aliphatic heterocycles. The third-order valence-electron chi connectivity index (χ3n) is 5.55. The smallest absolute Gasteiger partial charge is 0.248 e. The molecule has 0 aromatic heterocycles. The molecule has 0 spiro atoms. The molecule has 4 rings (SSSR count). The van der Waals surface area contributed by atoms with Crippen LogP contribution in [0.5, 0.6) is 0 Å². The number of anilines is 2. The topological polar surface area (TPSA) is 66.5 Å². The second-order valence-corrected chi connectivity index (χ2v) is 9.86. The fraction of sp³-hybridized carbons (Fsp3) is 0.261. The lowest BCUT2D eigenvalue weighted by atomic mass is 10.0. The molecule has 7 heteroatoms. The molecule has 0 radical (unpaired) electrons. The van der Waals surface area contributed by atoms with Gasteiger partial charge in [-0.25, -0.2) is 8.42 Å². The van der Waals surface area contributed by atoms with E-state index >= 15 is 0 Å². The molecule has 0 saturated heterocycles. The number of rotatable bonds is 6. The average molecular weight is 443 g/mol. The number of benzene rings is 3. The first-order chi connectivity index (χ1) is 14.3. The molecule has 3 aromatic rings. The zero-order valence-corrected chi connectivity index (χ0v) is 18.4. The van der Waals surface area contributed by atoms with Crippen molar-refractivity contribution >= 4 is 49.7 Å². The largest absolute Gasteiger partial charge is 0.324 e. The Morgan fingerprint density at radius 3 is 2.37 bits per heavy atom. The summed E-state index contributed by atoms with van der Waals surface area (Å²) in [7, 11) is -3.70. The Hall–Kier alpha value is -2.57. The number of halogens is 1. The van der Waals surface area contributed by atoms with Crippen LogP contribution in [0, 0.1) is 0 Å². The van der Waals surface area contributed by atoms with E-state index in [4.69, 9.17) is 11.6 Å². The summed E-state index contributed by atoms with van der Waals surface area (Å²) in [5, 5.41) is 5.66. The van der Waals surface area contributed by atoms with Crippen LogP contribution in [0.25, 0.3) is 10.8 Å². The summed E-state index contributed by atoms with van der Waals surface area (Å²) < 4.78 is 26.4. The maximum atomic E-state index is 13.3. The first-order valence-corrected chi connectivity index (χ1v) is 12.1. The first-order valence-electron chi connectivity index (χ1n) is 9.89. The second-order valence-electron chi connectivity index (χ2n) is 7.56. The maximum absolute atomic E-state index is 13.3. The van der Waals surface area contributed by atoms with E-state index in [1.54, 1.807) is 31.2 Å². The van der Waals surface area contributed by atoms with E-state index in [1.165, 1.54) is 20.8 Å². The van der Waals surface area contributed by atoms with Crippen molar-refractivity contribution in [1.29, 1.82) is 0 Å². The van der Waals surface area contributed by atoms with Gasteiger partial charge in [-0.15, -0.1) is 0 Å². The highest BCUT2D eigenvalue weighted by molar-refractivity contribution is 7.92. The Labute approximate surface area is 181 Å². The summed E-state index contributed by atoms with van der Waals surface area (Å²) in [5.41, 5.74) is 3.67. The monoisotopic (exact) mass is 442 g/mol. The number of amides is 1. The summed E-state index contributed by atoms with van der Waals surface area (Å²) in [4.78, 5) is 13.3. The molecular weight excluding hydrogens is 420 g/mol. The molecule has 1 N–H and O–H groups in total. The second kappa shape index (κ2) is 7.93. The number of sulfonamides is 1. The minimum absolute atomic E-state index is 0.322. The number of hydrogen-bond acceptors (Lipinski definition) is 3. The van der Waals surface area contributed by atoms with Gasteiger partial charge in [-0.2, -0.15) is 0 Å². The predicted octanol–water partition coefficient (Wildman–Crippen LogP) is 4.78. The first kappa shape index (κ1) is 20.7. The highest BCUT2D eigenvalue weighted by Crippen LogP contribution is 2.35. The van der Waals surface area contributed by atoms with Crippen LogP contribution in [0.1, 0.15) is 24.5 Å². The highest BCUT2D eigenvalue weighted by Gasteiger charge is 2.32. The van der Waals surface area contributed by atoms with Crippen molar-refractivity contribution in [2.45, 2.75) is 32.2 Å². The minimum Gasteiger partial charge on any atom is -0.324 e. The summed E-state index contributed by atoms with van der Waals surface area (Å²) in [6, 6.07) is 15.6. The molecule has 0 bridgehead atoms. The SMILES string of the molecule is CC[C@@H](C(=O)Nc1ccc2c3c(cccc13)CC2)N(c1ccc(Cl)cc1)S(C)(=O)=O. The van der Waals surface area contributed by atoms with Gasteiger partial charge in [0.25, 0.3) is 0 Å². The quantitative estimate of drug-likeness (QED) is 0.597. The predicted molar refractivity (Wildman–Crippen MR) is 123 cm³/mol. The minimum atomic E-state index is -3.70. The summed E-state index contributed by atoms with van der Waals surface area (Å²) in [6.45, 7) is 1.80.